The second kappa shape index (κ2) is 9.24. The summed E-state index contributed by atoms with van der Waals surface area (Å²) in [7, 11) is 1.67. The van der Waals surface area contributed by atoms with Crippen molar-refractivity contribution >= 4 is 23.1 Å². The molecule has 130 valence electrons. The fourth-order valence-electron chi connectivity index (χ4n) is 2.19. The van der Waals surface area contributed by atoms with E-state index >= 15 is 0 Å². The van der Waals surface area contributed by atoms with Crippen LogP contribution in [-0.4, -0.2) is 31.3 Å². The monoisotopic (exact) mass is 348 g/mol. The molecule has 1 atom stereocenters. The summed E-state index contributed by atoms with van der Waals surface area (Å²) < 4.78 is 5.04. The standard InChI is InChI=1S/C17H24N4O2S/c1-12-11-24-16(20-12)13(2)21-17(22)19-10-14-6-4-5-7-15(14)18-8-9-23-3/h4-7,11,13,18H,8-10H2,1-3H3,(H2,19,21,22)/t13-/m1/s1. The number of carbonyl (C=O) groups is 1. The van der Waals surface area contributed by atoms with Crippen LogP contribution in [0.4, 0.5) is 10.5 Å². The molecule has 6 nitrogen and oxygen atoms in total. The van der Waals surface area contributed by atoms with Gasteiger partial charge in [0.15, 0.2) is 0 Å². The van der Waals surface area contributed by atoms with Crippen molar-refractivity contribution in [3.63, 3.8) is 0 Å². The van der Waals surface area contributed by atoms with Crippen molar-refractivity contribution in [3.8, 4) is 0 Å². The molecule has 1 aromatic carbocycles. The van der Waals surface area contributed by atoms with Crippen LogP contribution in [0.2, 0.25) is 0 Å². The number of amides is 2. The topological polar surface area (TPSA) is 75.3 Å². The normalized spacial score (nSPS) is 11.8. The first-order chi connectivity index (χ1) is 11.6. The first-order valence-corrected chi connectivity index (χ1v) is 8.75. The second-order valence-electron chi connectivity index (χ2n) is 5.45. The lowest BCUT2D eigenvalue weighted by atomic mass is 10.1. The van der Waals surface area contributed by atoms with Gasteiger partial charge in [0.05, 0.1) is 12.6 Å². The quantitative estimate of drug-likeness (QED) is 0.641. The predicted octanol–water partition coefficient (Wildman–Crippen LogP) is 3.07. The van der Waals surface area contributed by atoms with Crippen molar-refractivity contribution in [2.24, 2.45) is 0 Å². The summed E-state index contributed by atoms with van der Waals surface area (Å²) in [6.45, 7) is 5.68. The number of nitrogens with one attached hydrogen (secondary N) is 3. The maximum absolute atomic E-state index is 12.1. The predicted molar refractivity (Wildman–Crippen MR) is 97.4 cm³/mol. The van der Waals surface area contributed by atoms with Gasteiger partial charge in [-0.25, -0.2) is 9.78 Å². The van der Waals surface area contributed by atoms with Gasteiger partial charge in [-0.05, 0) is 25.5 Å². The van der Waals surface area contributed by atoms with E-state index < -0.39 is 0 Å². The minimum absolute atomic E-state index is 0.112. The smallest absolute Gasteiger partial charge is 0.315 e. The molecule has 0 aliphatic heterocycles. The van der Waals surface area contributed by atoms with Crippen LogP contribution in [0.15, 0.2) is 29.6 Å². The van der Waals surface area contributed by atoms with Crippen molar-refractivity contribution in [2.75, 3.05) is 25.6 Å². The van der Waals surface area contributed by atoms with Gasteiger partial charge in [-0.2, -0.15) is 0 Å². The zero-order valence-corrected chi connectivity index (χ0v) is 15.1. The lowest BCUT2D eigenvalue weighted by molar-refractivity contribution is 0.210. The fourth-order valence-corrected chi connectivity index (χ4v) is 2.99. The molecule has 2 rings (SSSR count). The number of anilines is 1. The van der Waals surface area contributed by atoms with Gasteiger partial charge in [-0.1, -0.05) is 18.2 Å². The van der Waals surface area contributed by atoms with E-state index in [1.807, 2.05) is 43.5 Å². The summed E-state index contributed by atoms with van der Waals surface area (Å²) in [6.07, 6.45) is 0. The molecule has 7 heteroatoms. The van der Waals surface area contributed by atoms with Crippen LogP contribution < -0.4 is 16.0 Å². The van der Waals surface area contributed by atoms with Gasteiger partial charge in [-0.15, -0.1) is 11.3 Å². The van der Waals surface area contributed by atoms with Crippen molar-refractivity contribution in [2.45, 2.75) is 26.4 Å². The van der Waals surface area contributed by atoms with Gasteiger partial charge in [0.1, 0.15) is 5.01 Å². The van der Waals surface area contributed by atoms with Gasteiger partial charge in [0, 0.05) is 37.0 Å². The van der Waals surface area contributed by atoms with Crippen molar-refractivity contribution < 1.29 is 9.53 Å². The van der Waals surface area contributed by atoms with E-state index in [9.17, 15) is 4.79 Å². The first-order valence-electron chi connectivity index (χ1n) is 7.87. The Labute approximate surface area is 146 Å². The third kappa shape index (κ3) is 5.50. The number of aromatic nitrogens is 1. The molecule has 24 heavy (non-hydrogen) atoms. The number of urea groups is 1. The lowest BCUT2D eigenvalue weighted by Crippen LogP contribution is -2.36. The Morgan fingerprint density at radius 2 is 2.17 bits per heavy atom. The van der Waals surface area contributed by atoms with Crippen LogP contribution in [0.5, 0.6) is 0 Å². The fraction of sp³-hybridized carbons (Fsp3) is 0.412. The molecular weight excluding hydrogens is 324 g/mol. The van der Waals surface area contributed by atoms with Crippen LogP contribution in [0, 0.1) is 6.92 Å². The molecule has 1 heterocycles. The summed E-state index contributed by atoms with van der Waals surface area (Å²) in [4.78, 5) is 16.5. The van der Waals surface area contributed by atoms with Crippen LogP contribution >= 0.6 is 11.3 Å². The van der Waals surface area contributed by atoms with Gasteiger partial charge >= 0.3 is 6.03 Å². The maximum Gasteiger partial charge on any atom is 0.315 e. The number of rotatable bonds is 8. The van der Waals surface area contributed by atoms with E-state index in [0.29, 0.717) is 13.2 Å². The lowest BCUT2D eigenvalue weighted by Gasteiger charge is -2.15. The number of aryl methyl sites for hydroxylation is 1. The maximum atomic E-state index is 12.1. The molecule has 3 N–H and O–H groups in total. The zero-order chi connectivity index (χ0) is 17.4. The molecule has 0 bridgehead atoms. The van der Waals surface area contributed by atoms with Gasteiger partial charge in [-0.3, -0.25) is 0 Å². The SMILES string of the molecule is COCCNc1ccccc1CNC(=O)N[C@H](C)c1nc(C)cs1. The van der Waals surface area contributed by atoms with Gasteiger partial charge in [0.25, 0.3) is 0 Å². The Balaban J connectivity index is 1.85. The van der Waals surface area contributed by atoms with Gasteiger partial charge < -0.3 is 20.7 Å². The van der Waals surface area contributed by atoms with Crippen molar-refractivity contribution in [1.82, 2.24) is 15.6 Å². The molecule has 2 amide bonds. The van der Waals surface area contributed by atoms with E-state index in [0.717, 1.165) is 28.5 Å². The Hall–Kier alpha value is -2.12. The number of hydrogen-bond donors (Lipinski definition) is 3. The first kappa shape index (κ1) is 18.2. The number of carbonyl (C=O) groups excluding carboxylic acids is 1. The summed E-state index contributed by atoms with van der Waals surface area (Å²) in [5.41, 5.74) is 3.00. The Morgan fingerprint density at radius 1 is 1.38 bits per heavy atom. The number of hydrogen-bond acceptors (Lipinski definition) is 5. The largest absolute Gasteiger partial charge is 0.383 e. The van der Waals surface area contributed by atoms with E-state index in [2.05, 4.69) is 20.9 Å². The highest BCUT2D eigenvalue weighted by atomic mass is 32.1. The molecule has 2 aromatic rings. The summed E-state index contributed by atoms with van der Waals surface area (Å²) in [5, 5.41) is 12.0. The van der Waals surface area contributed by atoms with E-state index in [1.165, 1.54) is 0 Å². The molecule has 0 spiro atoms. The van der Waals surface area contributed by atoms with E-state index in [-0.39, 0.29) is 12.1 Å². The summed E-state index contributed by atoms with van der Waals surface area (Å²) >= 11 is 1.55. The van der Waals surface area contributed by atoms with Gasteiger partial charge in [0.2, 0.25) is 0 Å². The molecule has 0 saturated heterocycles. The summed E-state index contributed by atoms with van der Waals surface area (Å²) in [5.74, 6) is 0. The highest BCUT2D eigenvalue weighted by molar-refractivity contribution is 7.09. The zero-order valence-electron chi connectivity index (χ0n) is 14.3. The van der Waals surface area contributed by atoms with E-state index in [1.54, 1.807) is 18.4 Å². The Morgan fingerprint density at radius 3 is 2.88 bits per heavy atom. The molecule has 0 aliphatic rings. The highest BCUT2D eigenvalue weighted by Crippen LogP contribution is 2.17. The van der Waals surface area contributed by atoms with E-state index in [4.69, 9.17) is 4.74 Å². The second-order valence-corrected chi connectivity index (χ2v) is 6.34. The number of thiazole rings is 1. The number of benzene rings is 1. The molecule has 0 fully saturated rings. The number of ether oxygens (including phenoxy) is 1. The molecule has 0 aliphatic carbocycles. The van der Waals surface area contributed by atoms with Crippen molar-refractivity contribution in [1.29, 1.82) is 0 Å². The minimum atomic E-state index is -0.206. The van der Waals surface area contributed by atoms with Crippen LogP contribution in [0.1, 0.15) is 29.2 Å². The minimum Gasteiger partial charge on any atom is -0.383 e. The summed E-state index contributed by atoms with van der Waals surface area (Å²) in [6, 6.07) is 7.58. The van der Waals surface area contributed by atoms with Crippen molar-refractivity contribution in [3.05, 3.63) is 45.9 Å². The average molecular weight is 348 g/mol. The highest BCUT2D eigenvalue weighted by Gasteiger charge is 2.12. The number of methoxy groups -OCH3 is 1. The van der Waals surface area contributed by atoms with Crippen LogP contribution in [0.25, 0.3) is 0 Å². The third-order valence-electron chi connectivity index (χ3n) is 3.43. The number of nitrogens with zero attached hydrogens (tertiary/aromatic N) is 1. The third-order valence-corrected chi connectivity index (χ3v) is 4.58. The number of para-hydroxylation sites is 1. The Bertz CT molecular complexity index is 660. The average Bonchev–Trinajstić information content (AvgIpc) is 3.01. The molecular formula is C17H24N4O2S. The molecule has 0 radical (unpaired) electrons. The Kier molecular flexibility index (Phi) is 7.02. The molecule has 1 aromatic heterocycles. The molecule has 0 saturated carbocycles. The van der Waals surface area contributed by atoms with Crippen LogP contribution in [0.3, 0.4) is 0 Å². The molecule has 0 unspecified atom stereocenters. The van der Waals surface area contributed by atoms with Crippen LogP contribution in [-0.2, 0) is 11.3 Å².